The predicted octanol–water partition coefficient (Wildman–Crippen LogP) is 4.20. The molecule has 0 atom stereocenters. The van der Waals surface area contributed by atoms with E-state index < -0.39 is 0 Å². The summed E-state index contributed by atoms with van der Waals surface area (Å²) in [5.74, 6) is 0. The van der Waals surface area contributed by atoms with Crippen LogP contribution in [-0.4, -0.2) is 0 Å². The van der Waals surface area contributed by atoms with Gasteiger partial charge < -0.3 is 0 Å². The van der Waals surface area contributed by atoms with Gasteiger partial charge in [-0.25, -0.2) is 0 Å². The van der Waals surface area contributed by atoms with Crippen LogP contribution in [0.15, 0.2) is 60.8 Å². The van der Waals surface area contributed by atoms with Crippen molar-refractivity contribution >= 4 is 0 Å². The molecule has 0 aromatic heterocycles. The van der Waals surface area contributed by atoms with Gasteiger partial charge in [-0.1, -0.05) is 60.8 Å². The van der Waals surface area contributed by atoms with Gasteiger partial charge in [-0.15, -0.1) is 0 Å². The first-order valence-electron chi connectivity index (χ1n) is 4.64. The summed E-state index contributed by atoms with van der Waals surface area (Å²) in [7, 11) is 0. The molecule has 0 heterocycles. The van der Waals surface area contributed by atoms with Gasteiger partial charge in [0.05, 0.1) is 0 Å². The van der Waals surface area contributed by atoms with Crippen LogP contribution in [0, 0.1) is 0 Å². The molecule has 0 heteroatoms. The summed E-state index contributed by atoms with van der Waals surface area (Å²) in [6, 6.07) is 0. The molecule has 0 aromatic carbocycles. The van der Waals surface area contributed by atoms with Crippen molar-refractivity contribution in [2.75, 3.05) is 0 Å². The minimum absolute atomic E-state index is 0.991. The summed E-state index contributed by atoms with van der Waals surface area (Å²) in [5, 5.41) is 0. The lowest BCUT2D eigenvalue weighted by Gasteiger charge is -1.78. The summed E-state index contributed by atoms with van der Waals surface area (Å²) in [6.45, 7) is 4.02. The van der Waals surface area contributed by atoms with E-state index in [0.717, 1.165) is 6.42 Å². The molecule has 0 radical (unpaired) electrons. The van der Waals surface area contributed by atoms with Crippen LogP contribution in [0.3, 0.4) is 0 Å². The zero-order chi connectivity index (χ0) is 9.78. The van der Waals surface area contributed by atoms with E-state index >= 15 is 0 Å². The zero-order valence-corrected chi connectivity index (χ0v) is 8.48. The molecule has 0 unspecified atom stereocenters. The Morgan fingerprint density at radius 3 is 1.69 bits per heavy atom. The average Bonchev–Trinajstić information content (AvgIpc) is 2.16. The van der Waals surface area contributed by atoms with Crippen molar-refractivity contribution in [3.05, 3.63) is 60.8 Å². The van der Waals surface area contributed by atoms with Crippen molar-refractivity contribution in [2.45, 2.75) is 20.3 Å². The van der Waals surface area contributed by atoms with Crippen LogP contribution >= 0.6 is 0 Å². The van der Waals surface area contributed by atoms with Gasteiger partial charge >= 0.3 is 0 Å². The molecule has 0 aliphatic carbocycles. The Hall–Kier alpha value is -1.30. The first-order chi connectivity index (χ1) is 6.41. The maximum Gasteiger partial charge on any atom is -0.0163 e. The lowest BCUT2D eigenvalue weighted by atomic mass is 10.3. The van der Waals surface area contributed by atoms with E-state index in [4.69, 9.17) is 0 Å². The third kappa shape index (κ3) is 10.7. The second-order valence-electron chi connectivity index (χ2n) is 2.53. The van der Waals surface area contributed by atoms with Gasteiger partial charge in [-0.3, -0.25) is 0 Å². The molecular formula is C13H18. The molecule has 70 valence electrons. The van der Waals surface area contributed by atoms with E-state index in [1.54, 1.807) is 0 Å². The quantitative estimate of drug-likeness (QED) is 0.548. The normalized spacial score (nSPS) is 13.7. The molecule has 0 aliphatic heterocycles. The zero-order valence-electron chi connectivity index (χ0n) is 8.48. The molecule has 0 N–H and O–H groups in total. The number of hydrogen-bond donors (Lipinski definition) is 0. The van der Waals surface area contributed by atoms with E-state index in [9.17, 15) is 0 Å². The molecule has 0 spiro atoms. The van der Waals surface area contributed by atoms with Crippen LogP contribution < -0.4 is 0 Å². The Balaban J connectivity index is 3.52. The van der Waals surface area contributed by atoms with Gasteiger partial charge in [0.2, 0.25) is 0 Å². The van der Waals surface area contributed by atoms with E-state index in [0.29, 0.717) is 0 Å². The SMILES string of the molecule is C\C=C/C=C\C=C\C/C=C\C=C/C. The van der Waals surface area contributed by atoms with Crippen LogP contribution in [0.25, 0.3) is 0 Å². The highest BCUT2D eigenvalue weighted by Crippen LogP contribution is 1.88. The van der Waals surface area contributed by atoms with Crippen LogP contribution in [0.1, 0.15) is 20.3 Å². The Morgan fingerprint density at radius 1 is 0.615 bits per heavy atom. The average molecular weight is 174 g/mol. The van der Waals surface area contributed by atoms with Gasteiger partial charge in [0.25, 0.3) is 0 Å². The molecule has 0 aliphatic rings. The highest BCUT2D eigenvalue weighted by atomic mass is 13.7. The minimum atomic E-state index is 0.991. The van der Waals surface area contributed by atoms with Crippen molar-refractivity contribution in [1.82, 2.24) is 0 Å². The van der Waals surface area contributed by atoms with Crippen LogP contribution in [-0.2, 0) is 0 Å². The summed E-state index contributed by atoms with van der Waals surface area (Å²) in [6.07, 6.45) is 21.5. The Kier molecular flexibility index (Phi) is 9.63. The van der Waals surface area contributed by atoms with Gasteiger partial charge in [0.15, 0.2) is 0 Å². The number of allylic oxidation sites excluding steroid dienone is 10. The summed E-state index contributed by atoms with van der Waals surface area (Å²) in [5.41, 5.74) is 0. The van der Waals surface area contributed by atoms with Crippen molar-refractivity contribution in [3.63, 3.8) is 0 Å². The smallest absolute Gasteiger partial charge is 0.0163 e. The first-order valence-corrected chi connectivity index (χ1v) is 4.64. The second-order valence-corrected chi connectivity index (χ2v) is 2.53. The second kappa shape index (κ2) is 10.7. The molecule has 0 rings (SSSR count). The number of rotatable bonds is 5. The fourth-order valence-corrected chi connectivity index (χ4v) is 0.743. The van der Waals surface area contributed by atoms with E-state index in [-0.39, 0.29) is 0 Å². The minimum Gasteiger partial charge on any atom is -0.0877 e. The summed E-state index contributed by atoms with van der Waals surface area (Å²) >= 11 is 0. The third-order valence-corrected chi connectivity index (χ3v) is 1.37. The largest absolute Gasteiger partial charge is 0.0877 e. The standard InChI is InChI=1S/C13H18/c1-3-5-7-9-11-13-12-10-8-6-4-2/h3-11,13H,12H2,1-2H3/b5-3-,6-4-,9-7-,10-8-,13-11+. The molecule has 0 saturated carbocycles. The maximum atomic E-state index is 2.12. The predicted molar refractivity (Wildman–Crippen MR) is 61.7 cm³/mol. The van der Waals surface area contributed by atoms with Gasteiger partial charge in [0.1, 0.15) is 0 Å². The Bertz CT molecular complexity index is 224. The highest BCUT2D eigenvalue weighted by Gasteiger charge is 1.67. The van der Waals surface area contributed by atoms with Gasteiger partial charge in [-0.05, 0) is 20.3 Å². The molecule has 0 bridgehead atoms. The summed E-state index contributed by atoms with van der Waals surface area (Å²) < 4.78 is 0. The van der Waals surface area contributed by atoms with E-state index in [1.165, 1.54) is 0 Å². The lowest BCUT2D eigenvalue weighted by molar-refractivity contribution is 1.39. The number of hydrogen-bond acceptors (Lipinski definition) is 0. The van der Waals surface area contributed by atoms with Gasteiger partial charge in [-0.2, -0.15) is 0 Å². The summed E-state index contributed by atoms with van der Waals surface area (Å²) in [4.78, 5) is 0. The van der Waals surface area contributed by atoms with Crippen molar-refractivity contribution < 1.29 is 0 Å². The molecule has 0 amide bonds. The molecule has 13 heavy (non-hydrogen) atoms. The fraction of sp³-hybridized carbons (Fsp3) is 0.231. The molecule has 0 fully saturated rings. The fourth-order valence-electron chi connectivity index (χ4n) is 0.743. The molecule has 0 nitrogen and oxygen atoms in total. The monoisotopic (exact) mass is 174 g/mol. The highest BCUT2D eigenvalue weighted by molar-refractivity contribution is 5.12. The maximum absolute atomic E-state index is 2.12. The van der Waals surface area contributed by atoms with Crippen LogP contribution in [0.5, 0.6) is 0 Å². The Morgan fingerprint density at radius 2 is 1.08 bits per heavy atom. The van der Waals surface area contributed by atoms with E-state index in [1.807, 2.05) is 50.3 Å². The third-order valence-electron chi connectivity index (χ3n) is 1.37. The molecule has 0 aromatic rings. The lowest BCUT2D eigenvalue weighted by Crippen LogP contribution is -1.56. The van der Waals surface area contributed by atoms with E-state index in [2.05, 4.69) is 24.3 Å². The van der Waals surface area contributed by atoms with Crippen molar-refractivity contribution in [1.29, 1.82) is 0 Å². The van der Waals surface area contributed by atoms with Crippen LogP contribution in [0.4, 0.5) is 0 Å². The Labute approximate surface area is 81.7 Å². The van der Waals surface area contributed by atoms with Gasteiger partial charge in [0, 0.05) is 0 Å². The van der Waals surface area contributed by atoms with Crippen molar-refractivity contribution in [3.8, 4) is 0 Å². The molecular weight excluding hydrogens is 156 g/mol. The first kappa shape index (κ1) is 11.7. The van der Waals surface area contributed by atoms with Crippen molar-refractivity contribution in [2.24, 2.45) is 0 Å². The topological polar surface area (TPSA) is 0 Å². The molecule has 0 saturated heterocycles. The van der Waals surface area contributed by atoms with Crippen LogP contribution in [0.2, 0.25) is 0 Å².